The highest BCUT2D eigenvalue weighted by Crippen LogP contribution is 2.24. The molecule has 1 aromatic carbocycles. The topological polar surface area (TPSA) is 110 Å². The third-order valence-electron chi connectivity index (χ3n) is 3.29. The van der Waals surface area contributed by atoms with Crippen molar-refractivity contribution >= 4 is 17.6 Å². The van der Waals surface area contributed by atoms with Crippen molar-refractivity contribution in [3.63, 3.8) is 0 Å². The molecule has 23 heavy (non-hydrogen) atoms. The van der Waals surface area contributed by atoms with Crippen LogP contribution in [0.4, 0.5) is 5.69 Å². The Bertz CT molecular complexity index is 785. The molecule has 0 bridgehead atoms. The zero-order chi connectivity index (χ0) is 17.0. The van der Waals surface area contributed by atoms with E-state index >= 15 is 0 Å². The average Bonchev–Trinajstić information content (AvgIpc) is 2.91. The number of nitriles is 1. The molecule has 0 saturated heterocycles. The lowest BCUT2D eigenvalue weighted by molar-refractivity contribution is 0.0592. The largest absolute Gasteiger partial charge is 0.464 e. The second-order valence-electron chi connectivity index (χ2n) is 4.68. The second kappa shape index (κ2) is 6.66. The molecule has 1 amide bonds. The zero-order valence-electron chi connectivity index (χ0n) is 12.8. The summed E-state index contributed by atoms with van der Waals surface area (Å²) in [5.74, 6) is -0.825. The number of nitrogens with zero attached hydrogens (tertiary/aromatic N) is 2. The minimum atomic E-state index is -0.642. The number of benzene rings is 1. The summed E-state index contributed by atoms with van der Waals surface area (Å²) in [4.78, 5) is 23.7. The number of nitrogens with one attached hydrogen (secondary N) is 1. The number of hydrogen-bond donors (Lipinski definition) is 2. The highest BCUT2D eigenvalue weighted by Gasteiger charge is 2.21. The number of carbonyl (C=O) groups is 2. The van der Waals surface area contributed by atoms with Gasteiger partial charge >= 0.3 is 5.97 Å². The summed E-state index contributed by atoms with van der Waals surface area (Å²) in [5.41, 5.74) is 7.24. The summed E-state index contributed by atoms with van der Waals surface area (Å²) in [5, 5.41) is 11.8. The summed E-state index contributed by atoms with van der Waals surface area (Å²) < 4.78 is 6.19. The number of nitrogen functional groups attached to an aromatic ring is 1. The van der Waals surface area contributed by atoms with Crippen LogP contribution in [-0.2, 0) is 4.74 Å². The molecule has 0 aliphatic rings. The van der Waals surface area contributed by atoms with Crippen LogP contribution in [0.2, 0.25) is 0 Å². The number of anilines is 1. The fraction of sp³-hybridized carbons (Fsp3) is 0.188. The van der Waals surface area contributed by atoms with Crippen LogP contribution in [0, 0.1) is 11.3 Å². The van der Waals surface area contributed by atoms with Crippen LogP contribution in [0.25, 0.3) is 5.69 Å². The van der Waals surface area contributed by atoms with E-state index in [1.807, 2.05) is 13.0 Å². The Morgan fingerprint density at radius 1 is 1.35 bits per heavy atom. The Labute approximate surface area is 133 Å². The number of rotatable bonds is 4. The van der Waals surface area contributed by atoms with Crippen molar-refractivity contribution in [3.8, 4) is 11.8 Å². The van der Waals surface area contributed by atoms with E-state index in [0.717, 1.165) is 0 Å². The Hall–Kier alpha value is -3.27. The molecule has 0 aliphatic carbocycles. The highest BCUT2D eigenvalue weighted by atomic mass is 16.5. The van der Waals surface area contributed by atoms with Gasteiger partial charge in [-0.25, -0.2) is 4.79 Å². The molecule has 3 N–H and O–H groups in total. The fourth-order valence-electron chi connectivity index (χ4n) is 2.15. The third kappa shape index (κ3) is 3.01. The summed E-state index contributed by atoms with van der Waals surface area (Å²) >= 11 is 0. The summed E-state index contributed by atoms with van der Waals surface area (Å²) in [6, 6.07) is 8.52. The van der Waals surface area contributed by atoms with Gasteiger partial charge in [-0.1, -0.05) is 0 Å². The van der Waals surface area contributed by atoms with E-state index in [1.54, 1.807) is 24.3 Å². The summed E-state index contributed by atoms with van der Waals surface area (Å²) in [6.45, 7) is 2.37. The minimum Gasteiger partial charge on any atom is -0.464 e. The Morgan fingerprint density at radius 3 is 2.52 bits per heavy atom. The van der Waals surface area contributed by atoms with Gasteiger partial charge in [0.1, 0.15) is 6.07 Å². The molecule has 0 radical (unpaired) electrons. The number of carbonyl (C=O) groups excluding carboxylic acids is 2. The standard InChI is InChI=1S/C16H16N4O3/c1-3-19-15(21)10-4-6-12(7-5-10)20-9-11(8-17)13(18)14(20)16(22)23-2/h4-7,9H,3,18H2,1-2H3,(H,19,21). The van der Waals surface area contributed by atoms with Crippen LogP contribution >= 0.6 is 0 Å². The van der Waals surface area contributed by atoms with Crippen LogP contribution in [0.3, 0.4) is 0 Å². The number of amides is 1. The van der Waals surface area contributed by atoms with Gasteiger partial charge in [-0.3, -0.25) is 4.79 Å². The fourth-order valence-corrected chi connectivity index (χ4v) is 2.15. The predicted octanol–water partition coefficient (Wildman–Crippen LogP) is 1.47. The van der Waals surface area contributed by atoms with Gasteiger partial charge in [0, 0.05) is 24.0 Å². The lowest BCUT2D eigenvalue weighted by Gasteiger charge is -2.09. The smallest absolute Gasteiger partial charge is 0.357 e. The molecule has 1 heterocycles. The molecule has 0 fully saturated rings. The molecular formula is C16H16N4O3. The third-order valence-corrected chi connectivity index (χ3v) is 3.29. The Balaban J connectivity index is 2.48. The Kier molecular flexibility index (Phi) is 4.66. The molecule has 7 nitrogen and oxygen atoms in total. The van der Waals surface area contributed by atoms with E-state index in [1.165, 1.54) is 17.9 Å². The van der Waals surface area contributed by atoms with Crippen LogP contribution < -0.4 is 11.1 Å². The molecule has 1 aromatic heterocycles. The SMILES string of the molecule is CCNC(=O)c1ccc(-n2cc(C#N)c(N)c2C(=O)OC)cc1. The Morgan fingerprint density at radius 2 is 2.00 bits per heavy atom. The second-order valence-corrected chi connectivity index (χ2v) is 4.68. The van der Waals surface area contributed by atoms with E-state index in [9.17, 15) is 9.59 Å². The van der Waals surface area contributed by atoms with E-state index in [-0.39, 0.29) is 22.9 Å². The molecule has 2 rings (SSSR count). The van der Waals surface area contributed by atoms with Gasteiger partial charge in [-0.05, 0) is 31.2 Å². The van der Waals surface area contributed by atoms with Crippen molar-refractivity contribution in [2.24, 2.45) is 0 Å². The summed E-state index contributed by atoms with van der Waals surface area (Å²) in [7, 11) is 1.24. The quantitative estimate of drug-likeness (QED) is 0.831. The van der Waals surface area contributed by atoms with Crippen LogP contribution in [0.15, 0.2) is 30.5 Å². The van der Waals surface area contributed by atoms with Crippen LogP contribution in [-0.4, -0.2) is 30.1 Å². The monoisotopic (exact) mass is 312 g/mol. The number of hydrogen-bond acceptors (Lipinski definition) is 5. The first-order chi connectivity index (χ1) is 11.0. The number of esters is 1. The van der Waals surface area contributed by atoms with Crippen LogP contribution in [0.1, 0.15) is 33.3 Å². The van der Waals surface area contributed by atoms with Crippen LogP contribution in [0.5, 0.6) is 0 Å². The first-order valence-electron chi connectivity index (χ1n) is 6.91. The van der Waals surface area contributed by atoms with Gasteiger partial charge in [0.05, 0.1) is 18.4 Å². The van der Waals surface area contributed by atoms with E-state index in [0.29, 0.717) is 17.8 Å². The first kappa shape index (κ1) is 16.1. The lowest BCUT2D eigenvalue weighted by atomic mass is 10.2. The molecule has 0 unspecified atom stereocenters. The van der Waals surface area contributed by atoms with Gasteiger partial charge in [-0.15, -0.1) is 0 Å². The number of nitrogens with two attached hydrogens (primary N) is 1. The average molecular weight is 312 g/mol. The van der Waals surface area contributed by atoms with Crippen molar-refractivity contribution in [2.75, 3.05) is 19.4 Å². The van der Waals surface area contributed by atoms with Gasteiger partial charge in [0.2, 0.25) is 0 Å². The highest BCUT2D eigenvalue weighted by molar-refractivity contribution is 5.96. The lowest BCUT2D eigenvalue weighted by Crippen LogP contribution is -2.22. The van der Waals surface area contributed by atoms with E-state index < -0.39 is 5.97 Å². The number of ether oxygens (including phenoxy) is 1. The first-order valence-corrected chi connectivity index (χ1v) is 6.91. The van der Waals surface area contributed by atoms with Gasteiger partial charge in [0.15, 0.2) is 5.69 Å². The maximum atomic E-state index is 11.9. The van der Waals surface area contributed by atoms with Crippen molar-refractivity contribution in [3.05, 3.63) is 47.3 Å². The van der Waals surface area contributed by atoms with Gasteiger partial charge < -0.3 is 20.4 Å². The van der Waals surface area contributed by atoms with Crippen molar-refractivity contribution in [1.82, 2.24) is 9.88 Å². The maximum absolute atomic E-state index is 11.9. The molecule has 0 saturated carbocycles. The molecular weight excluding hydrogens is 296 g/mol. The molecule has 118 valence electrons. The summed E-state index contributed by atoms with van der Waals surface area (Å²) in [6.07, 6.45) is 1.46. The van der Waals surface area contributed by atoms with Crippen molar-refractivity contribution < 1.29 is 14.3 Å². The molecule has 7 heteroatoms. The van der Waals surface area contributed by atoms with Crippen molar-refractivity contribution in [1.29, 1.82) is 5.26 Å². The molecule has 0 aliphatic heterocycles. The molecule has 2 aromatic rings. The normalized spacial score (nSPS) is 9.96. The molecule has 0 spiro atoms. The zero-order valence-corrected chi connectivity index (χ0v) is 12.8. The predicted molar refractivity (Wildman–Crippen MR) is 84.2 cm³/mol. The number of methoxy groups -OCH3 is 1. The van der Waals surface area contributed by atoms with E-state index in [2.05, 4.69) is 5.32 Å². The van der Waals surface area contributed by atoms with E-state index in [4.69, 9.17) is 15.7 Å². The number of aromatic nitrogens is 1. The van der Waals surface area contributed by atoms with Gasteiger partial charge in [-0.2, -0.15) is 5.26 Å². The van der Waals surface area contributed by atoms with Crippen molar-refractivity contribution in [2.45, 2.75) is 6.92 Å². The van der Waals surface area contributed by atoms with Gasteiger partial charge in [0.25, 0.3) is 5.91 Å². The molecule has 0 atom stereocenters. The minimum absolute atomic E-state index is 0.0622. The maximum Gasteiger partial charge on any atom is 0.357 e.